The Labute approximate surface area is 183 Å². The van der Waals surface area contributed by atoms with Crippen LogP contribution in [0, 0.1) is 0 Å². The maximum atomic E-state index is 12.3. The molecule has 1 saturated heterocycles. The van der Waals surface area contributed by atoms with E-state index in [9.17, 15) is 9.59 Å². The number of nitrogens with one attached hydrogen (secondary N) is 3. The van der Waals surface area contributed by atoms with Crippen molar-refractivity contribution in [2.45, 2.75) is 58.5 Å². The molecule has 2 heterocycles. The van der Waals surface area contributed by atoms with Crippen molar-refractivity contribution >= 4 is 41.9 Å². The number of aromatic nitrogens is 1. The highest BCUT2D eigenvalue weighted by Crippen LogP contribution is 2.20. The van der Waals surface area contributed by atoms with Crippen LogP contribution in [-0.2, 0) is 11.3 Å². The summed E-state index contributed by atoms with van der Waals surface area (Å²) in [5, 5.41) is 13.1. The van der Waals surface area contributed by atoms with Crippen LogP contribution in [0.5, 0.6) is 0 Å². The van der Waals surface area contributed by atoms with Crippen LogP contribution in [0.4, 0.5) is 4.79 Å². The van der Waals surface area contributed by atoms with E-state index in [0.717, 1.165) is 11.5 Å². The van der Waals surface area contributed by atoms with E-state index in [1.807, 2.05) is 13.0 Å². The molecule has 1 fully saturated rings. The van der Waals surface area contributed by atoms with Crippen LogP contribution in [0.15, 0.2) is 15.6 Å². The molecule has 2 rings (SSSR count). The number of halogens is 1. The lowest BCUT2D eigenvalue weighted by Crippen LogP contribution is -2.43. The molecule has 158 valence electrons. The van der Waals surface area contributed by atoms with Crippen LogP contribution >= 0.6 is 24.0 Å². The summed E-state index contributed by atoms with van der Waals surface area (Å²) in [6.07, 6.45) is 1.20. The summed E-state index contributed by atoms with van der Waals surface area (Å²) >= 11 is 0. The van der Waals surface area contributed by atoms with Crippen LogP contribution in [0.25, 0.3) is 0 Å². The summed E-state index contributed by atoms with van der Waals surface area (Å²) in [6, 6.07) is 1.60. The Morgan fingerprint density at radius 3 is 2.64 bits per heavy atom. The molecule has 1 aromatic rings. The quantitative estimate of drug-likeness (QED) is 0.164. The molecule has 9 nitrogen and oxygen atoms in total. The predicted octanol–water partition coefficient (Wildman–Crippen LogP) is 2.19. The lowest BCUT2D eigenvalue weighted by molar-refractivity contribution is -0.130. The molecule has 1 aliphatic rings. The highest BCUT2D eigenvalue weighted by atomic mass is 127. The van der Waals surface area contributed by atoms with E-state index in [2.05, 4.69) is 39.9 Å². The number of aliphatic imine (C=N–C) groups is 1. The molecule has 3 amide bonds. The number of imide groups is 1. The van der Waals surface area contributed by atoms with Gasteiger partial charge in [-0.05, 0) is 25.7 Å². The van der Waals surface area contributed by atoms with Gasteiger partial charge in [0, 0.05) is 26.2 Å². The Balaban J connectivity index is 0.00000392. The van der Waals surface area contributed by atoms with Gasteiger partial charge in [0.05, 0.1) is 12.2 Å². The first-order valence-corrected chi connectivity index (χ1v) is 9.34. The average molecular weight is 506 g/mol. The van der Waals surface area contributed by atoms with Gasteiger partial charge in [0.15, 0.2) is 11.7 Å². The maximum Gasteiger partial charge on any atom is 0.325 e. The molecule has 28 heavy (non-hydrogen) atoms. The van der Waals surface area contributed by atoms with Crippen molar-refractivity contribution in [3.8, 4) is 0 Å². The van der Waals surface area contributed by atoms with E-state index in [1.54, 1.807) is 14.0 Å². The van der Waals surface area contributed by atoms with Gasteiger partial charge in [-0.3, -0.25) is 14.7 Å². The number of nitrogens with zero attached hydrogens (tertiary/aromatic N) is 3. The highest BCUT2D eigenvalue weighted by molar-refractivity contribution is 14.0. The van der Waals surface area contributed by atoms with Gasteiger partial charge in [0.25, 0.3) is 5.91 Å². The van der Waals surface area contributed by atoms with E-state index in [-0.39, 0.29) is 35.9 Å². The molecule has 0 aromatic carbocycles. The molecule has 3 N–H and O–H groups in total. The summed E-state index contributed by atoms with van der Waals surface area (Å²) in [4.78, 5) is 29.7. The van der Waals surface area contributed by atoms with E-state index in [1.165, 1.54) is 4.90 Å². The van der Waals surface area contributed by atoms with E-state index in [4.69, 9.17) is 4.52 Å². The van der Waals surface area contributed by atoms with Crippen LogP contribution in [-0.4, -0.2) is 53.6 Å². The van der Waals surface area contributed by atoms with Crippen molar-refractivity contribution in [1.82, 2.24) is 26.0 Å². The Hall–Kier alpha value is -1.85. The second-order valence-electron chi connectivity index (χ2n) is 7.15. The number of guanidine groups is 1. The van der Waals surface area contributed by atoms with E-state index in [0.29, 0.717) is 44.4 Å². The van der Waals surface area contributed by atoms with Gasteiger partial charge in [-0.15, -0.1) is 24.0 Å². The second-order valence-corrected chi connectivity index (χ2v) is 7.15. The standard InChI is InChI=1S/C18H30N6O3.HI/c1-6-18(4)15(25)24(17(26)22-18)9-7-8-20-16(19-5)21-11-13-10-14(12(2)3)23-27-13;/h10,12H,6-9,11H2,1-5H3,(H,22,26)(H2,19,20,21);1H. The molecular weight excluding hydrogens is 475 g/mol. The monoisotopic (exact) mass is 506 g/mol. The van der Waals surface area contributed by atoms with Crippen molar-refractivity contribution in [3.05, 3.63) is 17.5 Å². The van der Waals surface area contributed by atoms with Crippen molar-refractivity contribution < 1.29 is 14.1 Å². The molecule has 0 spiro atoms. The molecule has 1 aliphatic heterocycles. The minimum atomic E-state index is -0.784. The number of carbonyl (C=O) groups is 2. The van der Waals surface area contributed by atoms with Crippen molar-refractivity contribution in [2.24, 2.45) is 4.99 Å². The minimum Gasteiger partial charge on any atom is -0.359 e. The Bertz CT molecular complexity index is 705. The fourth-order valence-electron chi connectivity index (χ4n) is 2.71. The van der Waals surface area contributed by atoms with Gasteiger partial charge in [0.1, 0.15) is 5.54 Å². The molecular formula is C18H31IN6O3. The van der Waals surface area contributed by atoms with Gasteiger partial charge < -0.3 is 20.5 Å². The number of hydrogen-bond donors (Lipinski definition) is 3. The normalized spacial score (nSPS) is 19.6. The second kappa shape index (κ2) is 10.6. The molecule has 0 bridgehead atoms. The molecule has 0 radical (unpaired) electrons. The maximum absolute atomic E-state index is 12.3. The number of amides is 3. The molecule has 1 aromatic heterocycles. The zero-order valence-electron chi connectivity index (χ0n) is 17.2. The molecule has 0 aliphatic carbocycles. The SMILES string of the molecule is CCC1(C)NC(=O)N(CCCNC(=NC)NCc2cc(C(C)C)no2)C1=O.I. The van der Waals surface area contributed by atoms with Crippen LogP contribution in [0.3, 0.4) is 0 Å². The smallest absolute Gasteiger partial charge is 0.325 e. The number of carbonyl (C=O) groups excluding carboxylic acids is 2. The summed E-state index contributed by atoms with van der Waals surface area (Å²) in [5.74, 6) is 1.51. The van der Waals surface area contributed by atoms with Gasteiger partial charge in [0.2, 0.25) is 0 Å². The first kappa shape index (κ1) is 24.2. The average Bonchev–Trinajstić information content (AvgIpc) is 3.19. The highest BCUT2D eigenvalue weighted by Gasteiger charge is 2.45. The zero-order valence-corrected chi connectivity index (χ0v) is 19.5. The van der Waals surface area contributed by atoms with Crippen LogP contribution < -0.4 is 16.0 Å². The first-order valence-electron chi connectivity index (χ1n) is 9.34. The molecule has 10 heteroatoms. The number of urea groups is 1. The Kier molecular flexibility index (Phi) is 9.18. The van der Waals surface area contributed by atoms with Gasteiger partial charge in [-0.1, -0.05) is 25.9 Å². The molecule has 0 saturated carbocycles. The summed E-state index contributed by atoms with van der Waals surface area (Å²) < 4.78 is 5.28. The fraction of sp³-hybridized carbons (Fsp3) is 0.667. The summed E-state index contributed by atoms with van der Waals surface area (Å²) in [6.45, 7) is 9.18. The topological polar surface area (TPSA) is 112 Å². The van der Waals surface area contributed by atoms with Crippen LogP contribution in [0.2, 0.25) is 0 Å². The van der Waals surface area contributed by atoms with Gasteiger partial charge in [-0.25, -0.2) is 4.79 Å². The third kappa shape index (κ3) is 5.82. The van der Waals surface area contributed by atoms with E-state index >= 15 is 0 Å². The lowest BCUT2D eigenvalue weighted by atomic mass is 9.99. The summed E-state index contributed by atoms with van der Waals surface area (Å²) in [7, 11) is 1.68. The minimum absolute atomic E-state index is 0. The Morgan fingerprint density at radius 2 is 2.11 bits per heavy atom. The van der Waals surface area contributed by atoms with Crippen molar-refractivity contribution in [1.29, 1.82) is 0 Å². The van der Waals surface area contributed by atoms with Crippen molar-refractivity contribution in [3.63, 3.8) is 0 Å². The summed E-state index contributed by atoms with van der Waals surface area (Å²) in [5.41, 5.74) is 0.135. The molecule has 1 unspecified atom stereocenters. The number of hydrogen-bond acceptors (Lipinski definition) is 5. The largest absolute Gasteiger partial charge is 0.359 e. The molecule has 1 atom stereocenters. The Morgan fingerprint density at radius 1 is 1.39 bits per heavy atom. The predicted molar refractivity (Wildman–Crippen MR) is 118 cm³/mol. The third-order valence-corrected chi connectivity index (χ3v) is 4.73. The van der Waals surface area contributed by atoms with Crippen molar-refractivity contribution in [2.75, 3.05) is 20.1 Å². The van der Waals surface area contributed by atoms with Crippen LogP contribution in [0.1, 0.15) is 57.9 Å². The van der Waals surface area contributed by atoms with Gasteiger partial charge in [-0.2, -0.15) is 0 Å². The fourth-order valence-corrected chi connectivity index (χ4v) is 2.71. The first-order chi connectivity index (χ1) is 12.8. The third-order valence-electron chi connectivity index (χ3n) is 4.73. The van der Waals surface area contributed by atoms with Gasteiger partial charge >= 0.3 is 6.03 Å². The van der Waals surface area contributed by atoms with E-state index < -0.39 is 5.54 Å². The number of rotatable bonds is 8. The zero-order chi connectivity index (χ0) is 20.0. The lowest BCUT2D eigenvalue weighted by Gasteiger charge is -2.19.